The summed E-state index contributed by atoms with van der Waals surface area (Å²) in [5.74, 6) is 0. The van der Waals surface area contributed by atoms with Crippen molar-refractivity contribution in [3.63, 3.8) is 0 Å². The highest BCUT2D eigenvalue weighted by Crippen LogP contribution is 2.31. The molecule has 0 saturated heterocycles. The quantitative estimate of drug-likeness (QED) is 0.547. The summed E-state index contributed by atoms with van der Waals surface area (Å²) < 4.78 is 2.00. The third kappa shape index (κ3) is 2.07. The van der Waals surface area contributed by atoms with Crippen LogP contribution in [0.5, 0.6) is 0 Å². The summed E-state index contributed by atoms with van der Waals surface area (Å²) in [4.78, 5) is 8.80. The van der Waals surface area contributed by atoms with Crippen molar-refractivity contribution in [1.29, 1.82) is 0 Å². The summed E-state index contributed by atoms with van der Waals surface area (Å²) in [6.07, 6.45) is 7.52. The van der Waals surface area contributed by atoms with E-state index in [9.17, 15) is 0 Å². The number of fused-ring (bicyclic) bond motifs is 1. The number of hydrogen-bond acceptors (Lipinski definition) is 2. The zero-order valence-corrected chi connectivity index (χ0v) is 12.3. The molecule has 0 saturated carbocycles. The molecule has 2 aromatic heterocycles. The molecule has 0 aliphatic rings. The van der Waals surface area contributed by atoms with Crippen LogP contribution in [0.3, 0.4) is 0 Å². The molecular weight excluding hydrogens is 270 g/mol. The number of benzene rings is 2. The number of aromatic nitrogens is 3. The average Bonchev–Trinajstić information content (AvgIpc) is 2.99. The summed E-state index contributed by atoms with van der Waals surface area (Å²) in [6.45, 7) is 2.15. The van der Waals surface area contributed by atoms with Gasteiger partial charge in [-0.2, -0.15) is 0 Å². The highest BCUT2D eigenvalue weighted by atomic mass is 15.0. The van der Waals surface area contributed by atoms with Crippen LogP contribution in [0.1, 0.15) is 5.56 Å². The first-order chi connectivity index (χ1) is 10.8. The van der Waals surface area contributed by atoms with Crippen LogP contribution in [-0.4, -0.2) is 14.4 Å². The Kier molecular flexibility index (Phi) is 2.97. The van der Waals surface area contributed by atoms with E-state index >= 15 is 0 Å². The van der Waals surface area contributed by atoms with Crippen molar-refractivity contribution in [2.75, 3.05) is 0 Å². The summed E-state index contributed by atoms with van der Waals surface area (Å²) >= 11 is 0. The second-order valence-corrected chi connectivity index (χ2v) is 5.31. The third-order valence-electron chi connectivity index (χ3n) is 3.96. The monoisotopic (exact) mass is 285 g/mol. The van der Waals surface area contributed by atoms with Gasteiger partial charge in [-0.05, 0) is 23.6 Å². The van der Waals surface area contributed by atoms with Crippen LogP contribution in [0.15, 0.2) is 73.3 Å². The zero-order valence-electron chi connectivity index (χ0n) is 12.3. The van der Waals surface area contributed by atoms with E-state index in [0.29, 0.717) is 0 Å². The fraction of sp³-hybridized carbons (Fsp3) is 0.0526. The molecule has 2 aromatic carbocycles. The predicted molar refractivity (Wildman–Crippen MR) is 88.6 cm³/mol. The lowest BCUT2D eigenvalue weighted by molar-refractivity contribution is 1.13. The van der Waals surface area contributed by atoms with Gasteiger partial charge in [0.25, 0.3) is 0 Å². The lowest BCUT2D eigenvalue weighted by Gasteiger charge is -2.10. The lowest BCUT2D eigenvalue weighted by Crippen LogP contribution is -1.88. The predicted octanol–water partition coefficient (Wildman–Crippen LogP) is 4.37. The Morgan fingerprint density at radius 2 is 1.73 bits per heavy atom. The molecule has 0 amide bonds. The molecule has 0 aliphatic heterocycles. The van der Waals surface area contributed by atoms with Gasteiger partial charge in [0.1, 0.15) is 0 Å². The van der Waals surface area contributed by atoms with Crippen molar-refractivity contribution in [2.45, 2.75) is 6.92 Å². The topological polar surface area (TPSA) is 30.2 Å². The second-order valence-electron chi connectivity index (χ2n) is 5.31. The molecule has 0 N–H and O–H groups in total. The van der Waals surface area contributed by atoms with E-state index in [4.69, 9.17) is 0 Å². The third-order valence-corrected chi connectivity index (χ3v) is 3.96. The van der Waals surface area contributed by atoms with Crippen molar-refractivity contribution in [2.24, 2.45) is 0 Å². The van der Waals surface area contributed by atoms with E-state index < -0.39 is 0 Å². The summed E-state index contributed by atoms with van der Waals surface area (Å²) in [5, 5.41) is 0. The molecule has 0 unspecified atom stereocenters. The van der Waals surface area contributed by atoms with Crippen LogP contribution >= 0.6 is 0 Å². The number of nitrogens with zero attached hydrogens (tertiary/aromatic N) is 3. The van der Waals surface area contributed by atoms with Gasteiger partial charge in [0.2, 0.25) is 0 Å². The molecule has 0 bridgehead atoms. The Morgan fingerprint density at radius 3 is 2.55 bits per heavy atom. The van der Waals surface area contributed by atoms with E-state index in [1.165, 1.54) is 16.7 Å². The van der Waals surface area contributed by atoms with Gasteiger partial charge in [-0.15, -0.1) is 0 Å². The molecule has 22 heavy (non-hydrogen) atoms. The summed E-state index contributed by atoms with van der Waals surface area (Å²) in [7, 11) is 0. The number of imidazole rings is 1. The van der Waals surface area contributed by atoms with Gasteiger partial charge in [0.05, 0.1) is 11.9 Å². The smallest absolute Gasteiger partial charge is 0.155 e. The maximum absolute atomic E-state index is 4.68. The largest absolute Gasteiger partial charge is 0.304 e. The van der Waals surface area contributed by atoms with E-state index in [0.717, 1.165) is 16.9 Å². The first-order valence-electron chi connectivity index (χ1n) is 7.27. The van der Waals surface area contributed by atoms with E-state index in [-0.39, 0.29) is 0 Å². The minimum Gasteiger partial charge on any atom is -0.304 e. The molecule has 3 heteroatoms. The molecular formula is C19H15N3. The van der Waals surface area contributed by atoms with Crippen LogP contribution in [0.25, 0.3) is 28.0 Å². The van der Waals surface area contributed by atoms with Crippen molar-refractivity contribution in [1.82, 2.24) is 14.4 Å². The molecule has 0 fully saturated rings. The Labute approximate surface area is 128 Å². The molecule has 2 heterocycles. The Morgan fingerprint density at radius 1 is 0.909 bits per heavy atom. The Bertz CT molecular complexity index is 906. The molecule has 0 radical (unpaired) electrons. The highest BCUT2D eigenvalue weighted by Gasteiger charge is 2.10. The zero-order chi connectivity index (χ0) is 14.9. The summed E-state index contributed by atoms with van der Waals surface area (Å²) in [6, 6.07) is 16.8. The maximum Gasteiger partial charge on any atom is 0.155 e. The standard InChI is InChI=1S/C19H15N3/c1-14-16(15-6-3-2-4-7-15)8-5-9-17(14)18-13-22-11-10-20-12-19(22)21-18/h2-13H,1H3. The van der Waals surface area contributed by atoms with Gasteiger partial charge < -0.3 is 4.40 Å². The van der Waals surface area contributed by atoms with Gasteiger partial charge in [0, 0.05) is 24.2 Å². The van der Waals surface area contributed by atoms with Crippen LogP contribution < -0.4 is 0 Å². The van der Waals surface area contributed by atoms with E-state index in [1.54, 1.807) is 12.4 Å². The van der Waals surface area contributed by atoms with Crippen molar-refractivity contribution < 1.29 is 0 Å². The Balaban J connectivity index is 1.89. The van der Waals surface area contributed by atoms with Crippen LogP contribution in [0.2, 0.25) is 0 Å². The number of rotatable bonds is 2. The molecule has 0 atom stereocenters. The van der Waals surface area contributed by atoms with Gasteiger partial charge in [-0.25, -0.2) is 4.98 Å². The first kappa shape index (κ1) is 12.8. The second kappa shape index (κ2) is 5.11. The van der Waals surface area contributed by atoms with Crippen molar-refractivity contribution in [3.05, 3.63) is 78.9 Å². The SMILES string of the molecule is Cc1c(-c2ccccc2)cccc1-c1cn2ccncc2n1. The molecule has 0 spiro atoms. The van der Waals surface area contributed by atoms with Crippen molar-refractivity contribution >= 4 is 5.65 Å². The van der Waals surface area contributed by atoms with E-state index in [2.05, 4.69) is 59.4 Å². The molecule has 106 valence electrons. The molecule has 4 rings (SSSR count). The van der Waals surface area contributed by atoms with E-state index in [1.807, 2.05) is 22.9 Å². The summed E-state index contributed by atoms with van der Waals surface area (Å²) in [5.41, 5.74) is 6.71. The number of hydrogen-bond donors (Lipinski definition) is 0. The van der Waals surface area contributed by atoms with Gasteiger partial charge in [0.15, 0.2) is 5.65 Å². The minimum absolute atomic E-state index is 0.863. The van der Waals surface area contributed by atoms with Crippen LogP contribution in [0.4, 0.5) is 0 Å². The van der Waals surface area contributed by atoms with Gasteiger partial charge in [-0.3, -0.25) is 4.98 Å². The molecule has 4 aromatic rings. The van der Waals surface area contributed by atoms with Crippen LogP contribution in [0, 0.1) is 6.92 Å². The van der Waals surface area contributed by atoms with Gasteiger partial charge in [-0.1, -0.05) is 48.5 Å². The fourth-order valence-corrected chi connectivity index (χ4v) is 2.82. The molecule has 3 nitrogen and oxygen atoms in total. The maximum atomic E-state index is 4.68. The lowest BCUT2D eigenvalue weighted by atomic mass is 9.95. The first-order valence-corrected chi connectivity index (χ1v) is 7.27. The van der Waals surface area contributed by atoms with Gasteiger partial charge >= 0.3 is 0 Å². The fourth-order valence-electron chi connectivity index (χ4n) is 2.82. The minimum atomic E-state index is 0.863. The highest BCUT2D eigenvalue weighted by molar-refractivity contribution is 5.77. The van der Waals surface area contributed by atoms with Crippen molar-refractivity contribution in [3.8, 4) is 22.4 Å². The average molecular weight is 285 g/mol. The normalized spacial score (nSPS) is 11.0. The van der Waals surface area contributed by atoms with Crippen LogP contribution in [-0.2, 0) is 0 Å². The molecule has 0 aliphatic carbocycles. The Hall–Kier alpha value is -2.94.